The quantitative estimate of drug-likeness (QED) is 0.0938. The van der Waals surface area contributed by atoms with Crippen molar-refractivity contribution < 1.29 is 108 Å². The van der Waals surface area contributed by atoms with Crippen LogP contribution in [0.4, 0.5) is 0 Å². The van der Waals surface area contributed by atoms with Gasteiger partial charge in [0.1, 0.15) is 41.7 Å². The first-order chi connectivity index (χ1) is 37.3. The van der Waals surface area contributed by atoms with Gasteiger partial charge in [-0.3, -0.25) is 24.0 Å². The van der Waals surface area contributed by atoms with Crippen LogP contribution in [-0.4, -0.2) is 159 Å². The molecule has 1 saturated carbocycles. The number of carbonyl (C=O) groups excluding carboxylic acids is 6. The molecule has 17 nitrogen and oxygen atoms in total. The van der Waals surface area contributed by atoms with Crippen LogP contribution in [0.2, 0.25) is 0 Å². The third-order valence-corrected chi connectivity index (χ3v) is 17.3. The number of carbonyl (C=O) groups is 6. The number of rotatable bonds is 14. The standard InChI is InChI=1S/C62H99NO16.22H2/c1-37(2)61(35-64,36-72-12)60(71)78-50-27-25-46(32-53(50)76-38(3)4)31-42(8)52-34-49(65)41(7)30-44(10)55(67)56(74-14)54(66)43(9)29-39(5)21-17-16-18-22-40(6)51(73-13)33-47-26-24-45(11)62(75-15,79-47)57(68)58(69)63-28-20-19-23-48(63)59(70)77-52;;;;;;;;;;;;;;;;;;;;;;/h16-18,21-22,30,37-39,41-43,45-48,50-53,55-56,64,67H,19-20,23-29,31-36H2,1-15H3;22*1H/b18-16+,21-17+,40-22+,44-30+;;;;;;;;;;;;;;;;;;;;;;/t39-,41-,42-,43-,45-,46+,47?,48+,50-,51+,52?,53-,55-,56+,61?,62-;;;;;;;;;;;;;;;;;;;;;;/m1....................../s1. The Morgan fingerprint density at radius 2 is 1.57 bits per heavy atom. The third kappa shape index (κ3) is 17.5. The highest BCUT2D eigenvalue weighted by Crippen LogP contribution is 2.41. The van der Waals surface area contributed by atoms with Crippen LogP contribution in [0.15, 0.2) is 47.6 Å². The topological polar surface area (TPSA) is 220 Å². The number of piperidine rings is 1. The summed E-state index contributed by atoms with van der Waals surface area (Å²) in [7, 11) is 5.82. The van der Waals surface area contributed by atoms with Gasteiger partial charge in [-0.25, -0.2) is 4.79 Å². The number of aliphatic hydroxyl groups is 2. The van der Waals surface area contributed by atoms with Gasteiger partial charge in [0.25, 0.3) is 11.7 Å². The number of cyclic esters (lactones) is 1. The summed E-state index contributed by atoms with van der Waals surface area (Å²) in [6.07, 6.45) is 10.7. The van der Waals surface area contributed by atoms with Crippen LogP contribution >= 0.6 is 0 Å². The van der Waals surface area contributed by atoms with Gasteiger partial charge in [0.2, 0.25) is 5.79 Å². The first kappa shape index (κ1) is 67.6. The van der Waals surface area contributed by atoms with Gasteiger partial charge in [0, 0.05) is 97.0 Å². The third-order valence-electron chi connectivity index (χ3n) is 17.3. The minimum absolute atomic E-state index is 0. The Kier molecular flexibility index (Phi) is 26.9. The second-order valence-corrected chi connectivity index (χ2v) is 24.0. The van der Waals surface area contributed by atoms with E-state index in [2.05, 4.69) is 0 Å². The molecular formula is C62H143NO16. The molecule has 4 aliphatic rings. The first-order valence-corrected chi connectivity index (χ1v) is 29.1. The Hall–Kier alpha value is -3.94. The fraction of sp³-hybridized carbons (Fsp3) is 0.774. The number of nitrogens with zero attached hydrogens (tertiary/aromatic N) is 1. The van der Waals surface area contributed by atoms with Gasteiger partial charge < -0.3 is 53.0 Å². The second kappa shape index (κ2) is 31.5. The van der Waals surface area contributed by atoms with Crippen molar-refractivity contribution in [1.29, 1.82) is 0 Å². The van der Waals surface area contributed by atoms with Gasteiger partial charge in [-0.2, -0.15) is 0 Å². The van der Waals surface area contributed by atoms with Crippen molar-refractivity contribution in [3.05, 3.63) is 47.6 Å². The lowest BCUT2D eigenvalue weighted by molar-refractivity contribution is -0.277. The fourth-order valence-corrected chi connectivity index (χ4v) is 12.1. The molecule has 0 aromatic rings. The molecule has 3 fully saturated rings. The van der Waals surface area contributed by atoms with Crippen molar-refractivity contribution in [3.8, 4) is 0 Å². The summed E-state index contributed by atoms with van der Waals surface area (Å²) < 4.78 is 48.5. The van der Waals surface area contributed by atoms with E-state index in [0.717, 1.165) is 5.57 Å². The molecule has 3 unspecified atom stereocenters. The Balaban J connectivity index is -0.000000180. The number of esters is 2. The average molecular weight is 1160 g/mol. The fourth-order valence-electron chi connectivity index (χ4n) is 12.1. The number of Topliss-reactive ketones (excluding diaryl/α,β-unsaturated/α-hetero) is 3. The first-order valence-electron chi connectivity index (χ1n) is 29.1. The summed E-state index contributed by atoms with van der Waals surface area (Å²) in [5, 5.41) is 22.1. The van der Waals surface area contributed by atoms with Crippen molar-refractivity contribution in [2.75, 3.05) is 48.2 Å². The van der Waals surface area contributed by atoms with Crippen LogP contribution in [0.1, 0.15) is 185 Å². The molecular weight excluding hydrogens is 1010 g/mol. The minimum Gasteiger partial charge on any atom is -0.460 e. The molecule has 2 saturated heterocycles. The highest BCUT2D eigenvalue weighted by atomic mass is 16.7. The molecule has 0 aromatic carbocycles. The SMILES string of the molecule is COCC(CO)(C(=O)O[C@@H]1CC[C@@H](C[C@@H](C)C2CC(=O)[C@H](C)/C=C(\C)[C@@H](O)[C@@H](OC)C(=O)[C@H](C)C[C@H](C)/C=C/C=C/C=C(\C)[C@@H](OC)CC3CC[C@@H](C)[C@@](OC)(O3)C(=O)C(=O)N3CCCC[C@H]3C(=O)O2)C[C@H]1OC(C)C)C(C)C.[HH].[HH].[HH].[HH].[HH].[HH].[HH].[HH].[HH].[HH].[HH].[HH].[HH].[HH].[HH].[HH].[HH].[HH].[HH].[HH].[HH].[HH]. The number of ketones is 3. The Morgan fingerprint density at radius 3 is 2.19 bits per heavy atom. The lowest BCUT2D eigenvalue weighted by Gasteiger charge is -2.44. The molecule has 1 aliphatic carbocycles. The smallest absolute Gasteiger partial charge is 0.329 e. The normalized spacial score (nSPS) is 36.3. The number of allylic oxidation sites excluding steroid dienone is 6. The van der Waals surface area contributed by atoms with Crippen LogP contribution in [0.5, 0.6) is 0 Å². The summed E-state index contributed by atoms with van der Waals surface area (Å²) >= 11 is 0. The van der Waals surface area contributed by atoms with Gasteiger partial charge in [0.15, 0.2) is 5.78 Å². The minimum atomic E-state index is -1.93. The molecule has 17 heteroatoms. The monoisotopic (exact) mass is 1160 g/mol. The van der Waals surface area contributed by atoms with Crippen molar-refractivity contribution in [3.63, 3.8) is 0 Å². The van der Waals surface area contributed by atoms with E-state index in [0.29, 0.717) is 69.8 Å². The van der Waals surface area contributed by atoms with Crippen LogP contribution in [-0.2, 0) is 66.7 Å². The summed E-state index contributed by atoms with van der Waals surface area (Å²) in [5.41, 5.74) is 0.0190. The highest BCUT2D eigenvalue weighted by Gasteiger charge is 2.55. The molecule has 0 radical (unpaired) electrons. The van der Waals surface area contributed by atoms with Crippen LogP contribution in [0, 0.1) is 46.8 Å². The molecule has 0 aromatic heterocycles. The van der Waals surface area contributed by atoms with E-state index in [-0.39, 0.29) is 98.9 Å². The Morgan fingerprint density at radius 1 is 0.861 bits per heavy atom. The molecule has 16 atom stereocenters. The number of aliphatic hydroxyl groups excluding tert-OH is 2. The maximum atomic E-state index is 14.8. The van der Waals surface area contributed by atoms with Crippen molar-refractivity contribution in [2.24, 2.45) is 46.8 Å². The van der Waals surface area contributed by atoms with E-state index in [1.165, 1.54) is 26.2 Å². The van der Waals surface area contributed by atoms with Crippen molar-refractivity contribution >= 4 is 35.2 Å². The van der Waals surface area contributed by atoms with E-state index < -0.39 is 108 Å². The molecule has 4 rings (SSSR count). The maximum Gasteiger partial charge on any atom is 0.329 e. The van der Waals surface area contributed by atoms with Gasteiger partial charge in [0.05, 0.1) is 37.6 Å². The van der Waals surface area contributed by atoms with E-state index in [1.807, 2.05) is 92.7 Å². The molecule has 2 bridgehead atoms. The molecule has 2 N–H and O–H groups in total. The number of hydrogen-bond donors (Lipinski definition) is 2. The van der Waals surface area contributed by atoms with Gasteiger partial charge in [-0.1, -0.05) is 84.9 Å². The Labute approximate surface area is 504 Å². The number of fused-ring (bicyclic) bond motifs is 3. The lowest BCUT2D eigenvalue weighted by atomic mass is 9.77. The molecule has 1 amide bonds. The largest absolute Gasteiger partial charge is 0.460 e. The zero-order valence-electron chi connectivity index (χ0n) is 50.4. The highest BCUT2D eigenvalue weighted by molar-refractivity contribution is 6.39. The molecule has 79 heavy (non-hydrogen) atoms. The zero-order valence-corrected chi connectivity index (χ0v) is 50.4. The predicted octanol–water partition coefficient (Wildman–Crippen LogP) is 13.9. The van der Waals surface area contributed by atoms with E-state index in [4.69, 9.17) is 37.9 Å². The van der Waals surface area contributed by atoms with Gasteiger partial charge >= 0.3 is 11.9 Å². The molecule has 3 aliphatic heterocycles. The maximum absolute atomic E-state index is 14.8. The van der Waals surface area contributed by atoms with Gasteiger partial charge in [-0.15, -0.1) is 0 Å². The van der Waals surface area contributed by atoms with Crippen LogP contribution < -0.4 is 0 Å². The number of hydrogen-bond acceptors (Lipinski definition) is 16. The predicted molar refractivity (Wildman–Crippen MR) is 346 cm³/mol. The number of ether oxygens (including phenoxy) is 8. The summed E-state index contributed by atoms with van der Waals surface area (Å²) in [6, 6.07) is -1.14. The summed E-state index contributed by atoms with van der Waals surface area (Å²) in [4.78, 5) is 87.7. The Bertz CT molecular complexity index is 2230. The van der Waals surface area contributed by atoms with E-state index in [9.17, 15) is 39.0 Å². The lowest BCUT2D eigenvalue weighted by Crippen LogP contribution is -2.61. The average Bonchev–Trinajstić information content (AvgIpc) is 0.791. The van der Waals surface area contributed by atoms with Crippen molar-refractivity contribution in [2.45, 2.75) is 214 Å². The van der Waals surface area contributed by atoms with Crippen LogP contribution in [0.3, 0.4) is 0 Å². The summed E-state index contributed by atoms with van der Waals surface area (Å²) in [5.74, 6) is -8.07. The van der Waals surface area contributed by atoms with Crippen molar-refractivity contribution in [1.82, 2.24) is 4.90 Å². The van der Waals surface area contributed by atoms with Crippen LogP contribution in [0.25, 0.3) is 0 Å². The molecule has 0 spiro atoms. The summed E-state index contributed by atoms with van der Waals surface area (Å²) in [6.45, 7) is 20.0. The van der Waals surface area contributed by atoms with Gasteiger partial charge in [-0.05, 0) is 127 Å². The molecule has 3 heterocycles. The molecule has 492 valence electrons. The van der Waals surface area contributed by atoms with E-state index >= 15 is 0 Å². The van der Waals surface area contributed by atoms with E-state index in [1.54, 1.807) is 27.0 Å². The second-order valence-electron chi connectivity index (χ2n) is 24.0. The zero-order chi connectivity index (χ0) is 58.9. The number of amides is 1. The number of methoxy groups -OCH3 is 4.